The number of carboxylic acid groups (broad SMARTS) is 1. The number of aryl methyl sites for hydroxylation is 1. The van der Waals surface area contributed by atoms with E-state index < -0.39 is 24.0 Å². The molecule has 3 aromatic carbocycles. The molecule has 2 atom stereocenters. The minimum absolute atomic E-state index is 0. The van der Waals surface area contributed by atoms with E-state index in [-0.39, 0.29) is 20.3 Å². The molecule has 40 heavy (non-hydrogen) atoms. The Morgan fingerprint density at radius 2 is 1.90 bits per heavy atom. The van der Waals surface area contributed by atoms with Crippen molar-refractivity contribution in [1.82, 2.24) is 10.3 Å². The number of thiazole rings is 1. The topological polar surface area (TPSA) is 88.5 Å². The van der Waals surface area contributed by atoms with E-state index in [9.17, 15) is 14.7 Å². The molecule has 10 heteroatoms. The van der Waals surface area contributed by atoms with Crippen molar-refractivity contribution in [3.63, 3.8) is 0 Å². The Morgan fingerprint density at radius 1 is 1.12 bits per heavy atom. The molecule has 0 bridgehead atoms. The van der Waals surface area contributed by atoms with Crippen molar-refractivity contribution in [3.05, 3.63) is 99.5 Å². The summed E-state index contributed by atoms with van der Waals surface area (Å²) in [5.41, 5.74) is 4.78. The van der Waals surface area contributed by atoms with Crippen molar-refractivity contribution in [2.45, 2.75) is 25.5 Å². The summed E-state index contributed by atoms with van der Waals surface area (Å²) in [6, 6.07) is 19.9. The van der Waals surface area contributed by atoms with Gasteiger partial charge in [0.15, 0.2) is 0 Å². The van der Waals surface area contributed by atoms with Gasteiger partial charge in [-0.05, 0) is 71.9 Å². The molecule has 2 N–H and O–H groups in total. The van der Waals surface area contributed by atoms with Gasteiger partial charge in [0.2, 0.25) is 0 Å². The van der Waals surface area contributed by atoms with Gasteiger partial charge < -0.3 is 16.6 Å². The van der Waals surface area contributed by atoms with E-state index in [2.05, 4.69) is 10.3 Å². The fourth-order valence-electron chi connectivity index (χ4n) is 4.33. The molecule has 6 nitrogen and oxygen atoms in total. The molecule has 4 rings (SSSR count). The molecule has 2 unspecified atom stereocenters. The normalized spacial score (nSPS) is 12.3. The van der Waals surface area contributed by atoms with Crippen LogP contribution in [0.25, 0.3) is 21.7 Å². The van der Waals surface area contributed by atoms with Gasteiger partial charge in [-0.15, -0.1) is 11.3 Å². The Balaban J connectivity index is 0.00000294. The van der Waals surface area contributed by atoms with E-state index in [0.717, 1.165) is 32.1 Å². The van der Waals surface area contributed by atoms with Crippen molar-refractivity contribution >= 4 is 46.6 Å². The maximum absolute atomic E-state index is 13.4. The number of thioether (sulfide) groups is 1. The number of hydrogen-bond donors (Lipinski definition) is 2. The second-order valence-electron chi connectivity index (χ2n) is 8.96. The number of rotatable bonds is 11. The molecular formula is C30H30ClLiN2O4S2. The maximum atomic E-state index is 13.4. The van der Waals surface area contributed by atoms with Crippen LogP contribution >= 0.6 is 34.7 Å². The van der Waals surface area contributed by atoms with Crippen molar-refractivity contribution < 1.29 is 39.7 Å². The fraction of sp³-hybridized carbons (Fsp3) is 0.233. The Hall–Kier alpha value is -2.57. The number of aliphatic carboxylic acids is 1. The average Bonchev–Trinajstić information content (AvgIpc) is 3.41. The van der Waals surface area contributed by atoms with Gasteiger partial charge in [0.25, 0.3) is 5.91 Å². The third-order valence-electron chi connectivity index (χ3n) is 6.33. The number of nitrogens with one attached hydrogen (secondary N) is 1. The number of aromatic nitrogens is 1. The van der Waals surface area contributed by atoms with E-state index in [1.807, 2.05) is 73.8 Å². The first-order valence-electron chi connectivity index (χ1n) is 12.3. The molecule has 1 amide bonds. The minimum atomic E-state index is -1.05. The van der Waals surface area contributed by atoms with Gasteiger partial charge in [-0.25, -0.2) is 9.78 Å². The van der Waals surface area contributed by atoms with Crippen LogP contribution in [0.15, 0.2) is 72.9 Å². The van der Waals surface area contributed by atoms with E-state index >= 15 is 0 Å². The zero-order chi connectivity index (χ0) is 27.9. The summed E-state index contributed by atoms with van der Waals surface area (Å²) in [5.74, 6) is -0.850. The first kappa shape index (κ1) is 31.9. The van der Waals surface area contributed by atoms with Crippen LogP contribution in [0, 0.1) is 6.92 Å². The molecule has 1 aromatic heterocycles. The molecule has 1 heterocycles. The average molecular weight is 589 g/mol. The van der Waals surface area contributed by atoms with Crippen molar-refractivity contribution in [3.8, 4) is 21.7 Å². The SMILES string of the molecule is COC(c1ccc(C(=O)NC(CCSC)C(=O)O)c(-c2ccccc2C)c1)c1cnc(-c2cccc(Cl)c2)s1.[H-].[Li+]. The number of ether oxygens (including phenoxy) is 1. The number of benzene rings is 3. The monoisotopic (exact) mass is 588 g/mol. The molecule has 204 valence electrons. The fourth-order valence-corrected chi connectivity index (χ4v) is 6.01. The number of halogens is 1. The first-order valence-corrected chi connectivity index (χ1v) is 14.9. The number of methoxy groups -OCH3 is 1. The summed E-state index contributed by atoms with van der Waals surface area (Å²) in [6.45, 7) is 1.98. The smallest absolute Gasteiger partial charge is 1.00 e. The summed E-state index contributed by atoms with van der Waals surface area (Å²) >= 11 is 9.23. The summed E-state index contributed by atoms with van der Waals surface area (Å²) in [4.78, 5) is 30.7. The largest absolute Gasteiger partial charge is 1.00 e. The van der Waals surface area contributed by atoms with Crippen LogP contribution in [0.4, 0.5) is 0 Å². The van der Waals surface area contributed by atoms with Crippen LogP contribution in [0.5, 0.6) is 0 Å². The van der Waals surface area contributed by atoms with E-state index in [0.29, 0.717) is 28.3 Å². The van der Waals surface area contributed by atoms with E-state index in [4.69, 9.17) is 16.3 Å². The zero-order valence-electron chi connectivity index (χ0n) is 23.8. The van der Waals surface area contributed by atoms with E-state index in [1.54, 1.807) is 19.4 Å². The van der Waals surface area contributed by atoms with Crippen LogP contribution < -0.4 is 24.2 Å². The van der Waals surface area contributed by atoms with Crippen LogP contribution in [0.1, 0.15) is 40.3 Å². The Morgan fingerprint density at radius 3 is 2.58 bits per heavy atom. The zero-order valence-corrected chi connectivity index (χ0v) is 25.2. The molecule has 0 fully saturated rings. The second kappa shape index (κ2) is 14.9. The van der Waals surface area contributed by atoms with Crippen LogP contribution in [-0.2, 0) is 9.53 Å². The van der Waals surface area contributed by atoms with Crippen LogP contribution in [0.2, 0.25) is 5.02 Å². The van der Waals surface area contributed by atoms with Gasteiger partial charge in [0.1, 0.15) is 17.2 Å². The molecule has 4 aromatic rings. The van der Waals surface area contributed by atoms with Crippen molar-refractivity contribution in [1.29, 1.82) is 0 Å². The second-order valence-corrected chi connectivity index (χ2v) is 11.4. The predicted octanol–water partition coefficient (Wildman–Crippen LogP) is 4.23. The molecule has 0 saturated carbocycles. The number of amides is 1. The Labute approximate surface area is 261 Å². The third-order valence-corrected chi connectivity index (χ3v) is 8.30. The standard InChI is InChI=1S/C30H29ClN2O4S2.Li.H/c1-18-7-4-5-10-22(18)24-16-19(11-12-23(24)28(34)33-25(30(35)36)13-14-38-3)27(37-2)26-17-32-29(39-26)20-8-6-9-21(31)15-20;;/h4-12,15-17,25,27H,13-14H2,1-3H3,(H,33,34)(H,35,36);;/q;+1;-1. The van der Waals surface area contributed by atoms with Crippen LogP contribution in [-0.4, -0.2) is 47.1 Å². The first-order chi connectivity index (χ1) is 18.8. The molecular weight excluding hydrogens is 559 g/mol. The summed E-state index contributed by atoms with van der Waals surface area (Å²) in [7, 11) is 1.64. The van der Waals surface area contributed by atoms with Crippen molar-refractivity contribution in [2.75, 3.05) is 19.1 Å². The molecule has 0 aliphatic carbocycles. The quantitative estimate of drug-likeness (QED) is 0.255. The van der Waals surface area contributed by atoms with Gasteiger partial charge in [-0.2, -0.15) is 11.8 Å². The Kier molecular flexibility index (Phi) is 11.9. The summed E-state index contributed by atoms with van der Waals surface area (Å²) < 4.78 is 5.92. The van der Waals surface area contributed by atoms with Crippen LogP contribution in [0.3, 0.4) is 0 Å². The minimum Gasteiger partial charge on any atom is -1.00 e. The third kappa shape index (κ3) is 7.58. The van der Waals surface area contributed by atoms with Gasteiger partial charge in [-0.1, -0.05) is 54.1 Å². The molecule has 0 aliphatic rings. The van der Waals surface area contributed by atoms with E-state index in [1.165, 1.54) is 23.1 Å². The molecule has 0 aliphatic heterocycles. The predicted molar refractivity (Wildman–Crippen MR) is 161 cm³/mol. The summed E-state index contributed by atoms with van der Waals surface area (Å²) in [5, 5.41) is 13.8. The Bertz CT molecular complexity index is 1490. The maximum Gasteiger partial charge on any atom is 1.00 e. The summed E-state index contributed by atoms with van der Waals surface area (Å²) in [6.07, 6.45) is 3.63. The number of hydrogen-bond acceptors (Lipinski definition) is 6. The molecule has 0 spiro atoms. The number of carbonyl (C=O) groups excluding carboxylic acids is 1. The van der Waals surface area contributed by atoms with Gasteiger partial charge in [-0.3, -0.25) is 4.79 Å². The molecule has 0 radical (unpaired) electrons. The number of nitrogens with zero attached hydrogens (tertiary/aromatic N) is 1. The molecule has 0 saturated heterocycles. The number of carbonyl (C=O) groups is 2. The van der Waals surface area contributed by atoms with Crippen molar-refractivity contribution in [2.24, 2.45) is 0 Å². The number of carboxylic acids is 1. The van der Waals surface area contributed by atoms with Gasteiger partial charge in [0.05, 0.1) is 4.88 Å². The van der Waals surface area contributed by atoms with Gasteiger partial charge >= 0.3 is 24.8 Å². The van der Waals surface area contributed by atoms with Gasteiger partial charge in [0, 0.05) is 29.5 Å².